The SMILES string of the molecule is CCOC(=O)c1ccn(CC(F)(F)F)c(=O)c1OC. The molecule has 5 nitrogen and oxygen atoms in total. The van der Waals surface area contributed by atoms with Crippen molar-refractivity contribution in [2.45, 2.75) is 19.6 Å². The highest BCUT2D eigenvalue weighted by Crippen LogP contribution is 2.19. The molecule has 0 atom stereocenters. The molecular weight excluding hydrogens is 267 g/mol. The molecule has 1 rings (SSSR count). The summed E-state index contributed by atoms with van der Waals surface area (Å²) < 4.78 is 46.5. The predicted octanol–water partition coefficient (Wildman–Crippen LogP) is 1.60. The van der Waals surface area contributed by atoms with Gasteiger partial charge in [0.05, 0.1) is 13.7 Å². The summed E-state index contributed by atoms with van der Waals surface area (Å²) in [5, 5.41) is 0. The first-order chi connectivity index (χ1) is 8.80. The number of alkyl halides is 3. The van der Waals surface area contributed by atoms with E-state index in [9.17, 15) is 22.8 Å². The predicted molar refractivity (Wildman–Crippen MR) is 59.3 cm³/mol. The van der Waals surface area contributed by atoms with Crippen LogP contribution in [-0.4, -0.2) is 30.4 Å². The molecule has 0 aliphatic heterocycles. The maximum atomic E-state index is 12.2. The first-order valence-electron chi connectivity index (χ1n) is 5.31. The minimum atomic E-state index is -4.54. The summed E-state index contributed by atoms with van der Waals surface area (Å²) in [7, 11) is 1.09. The number of ether oxygens (including phenoxy) is 2. The van der Waals surface area contributed by atoms with E-state index in [1.54, 1.807) is 6.92 Å². The number of hydrogen-bond acceptors (Lipinski definition) is 4. The minimum Gasteiger partial charge on any atom is -0.490 e. The Balaban J connectivity index is 3.23. The van der Waals surface area contributed by atoms with Gasteiger partial charge in [0.1, 0.15) is 12.1 Å². The fourth-order valence-corrected chi connectivity index (χ4v) is 1.44. The van der Waals surface area contributed by atoms with Gasteiger partial charge in [-0.25, -0.2) is 4.79 Å². The number of pyridine rings is 1. The first-order valence-corrected chi connectivity index (χ1v) is 5.31. The molecule has 0 N–H and O–H groups in total. The summed E-state index contributed by atoms with van der Waals surface area (Å²) in [6.45, 7) is 0.189. The van der Waals surface area contributed by atoms with Gasteiger partial charge in [0.25, 0.3) is 5.56 Å². The van der Waals surface area contributed by atoms with Crippen LogP contribution in [0, 0.1) is 0 Å². The van der Waals surface area contributed by atoms with Crippen LogP contribution in [0.4, 0.5) is 13.2 Å². The van der Waals surface area contributed by atoms with Crippen molar-refractivity contribution in [1.29, 1.82) is 0 Å². The molecule has 0 fully saturated rings. The monoisotopic (exact) mass is 279 g/mol. The van der Waals surface area contributed by atoms with Crippen LogP contribution in [0.2, 0.25) is 0 Å². The lowest BCUT2D eigenvalue weighted by Crippen LogP contribution is -2.29. The average Bonchev–Trinajstić information content (AvgIpc) is 2.30. The molecule has 0 aromatic carbocycles. The van der Waals surface area contributed by atoms with E-state index in [0.29, 0.717) is 4.57 Å². The third kappa shape index (κ3) is 3.73. The van der Waals surface area contributed by atoms with Crippen LogP contribution >= 0.6 is 0 Å². The van der Waals surface area contributed by atoms with Gasteiger partial charge in [-0.1, -0.05) is 0 Å². The summed E-state index contributed by atoms with van der Waals surface area (Å²) in [4.78, 5) is 23.2. The largest absolute Gasteiger partial charge is 0.490 e. The third-order valence-electron chi connectivity index (χ3n) is 2.17. The fraction of sp³-hybridized carbons (Fsp3) is 0.455. The number of esters is 1. The van der Waals surface area contributed by atoms with Gasteiger partial charge in [-0.2, -0.15) is 13.2 Å². The first kappa shape index (κ1) is 15.1. The standard InChI is InChI=1S/C11H12F3NO4/c1-3-19-10(17)7-4-5-15(6-11(12,13)14)9(16)8(7)18-2/h4-5H,3,6H2,1-2H3. The Bertz CT molecular complexity index is 522. The summed E-state index contributed by atoms with van der Waals surface area (Å²) in [6.07, 6.45) is -3.66. The molecule has 1 heterocycles. The van der Waals surface area contributed by atoms with Crippen LogP contribution in [-0.2, 0) is 11.3 Å². The second-order valence-corrected chi connectivity index (χ2v) is 3.53. The number of aromatic nitrogens is 1. The van der Waals surface area contributed by atoms with E-state index in [1.807, 2.05) is 0 Å². The molecule has 0 amide bonds. The number of carbonyl (C=O) groups excluding carboxylic acids is 1. The Morgan fingerprint density at radius 2 is 2.05 bits per heavy atom. The van der Waals surface area contributed by atoms with E-state index >= 15 is 0 Å². The third-order valence-corrected chi connectivity index (χ3v) is 2.17. The second-order valence-electron chi connectivity index (χ2n) is 3.53. The van der Waals surface area contributed by atoms with Gasteiger partial charge in [0.15, 0.2) is 5.75 Å². The van der Waals surface area contributed by atoms with Gasteiger partial charge >= 0.3 is 12.1 Å². The van der Waals surface area contributed by atoms with E-state index in [1.165, 1.54) is 0 Å². The molecule has 0 aliphatic rings. The molecule has 0 radical (unpaired) electrons. The summed E-state index contributed by atoms with van der Waals surface area (Å²) in [5.74, 6) is -1.29. The van der Waals surface area contributed by atoms with Crippen LogP contribution in [0.15, 0.2) is 17.1 Å². The van der Waals surface area contributed by atoms with Gasteiger partial charge in [-0.3, -0.25) is 4.79 Å². The average molecular weight is 279 g/mol. The van der Waals surface area contributed by atoms with Crippen LogP contribution in [0.1, 0.15) is 17.3 Å². The molecule has 0 unspecified atom stereocenters. The van der Waals surface area contributed by atoms with Gasteiger partial charge in [0, 0.05) is 6.20 Å². The van der Waals surface area contributed by atoms with Crippen molar-refractivity contribution in [3.63, 3.8) is 0 Å². The number of hydrogen-bond donors (Lipinski definition) is 0. The van der Waals surface area contributed by atoms with Crippen molar-refractivity contribution in [1.82, 2.24) is 4.57 Å². The number of methoxy groups -OCH3 is 1. The summed E-state index contributed by atoms with van der Waals surface area (Å²) >= 11 is 0. The Morgan fingerprint density at radius 3 is 2.53 bits per heavy atom. The number of nitrogens with zero attached hydrogens (tertiary/aromatic N) is 1. The van der Waals surface area contributed by atoms with Crippen molar-refractivity contribution in [2.24, 2.45) is 0 Å². The van der Waals surface area contributed by atoms with Crippen LogP contribution in [0.3, 0.4) is 0 Å². The number of halogens is 3. The summed E-state index contributed by atoms with van der Waals surface area (Å²) in [6, 6.07) is 1.06. The maximum Gasteiger partial charge on any atom is 0.406 e. The lowest BCUT2D eigenvalue weighted by molar-refractivity contribution is -0.141. The zero-order chi connectivity index (χ0) is 14.6. The van der Waals surface area contributed by atoms with Crippen molar-refractivity contribution in [2.75, 3.05) is 13.7 Å². The smallest absolute Gasteiger partial charge is 0.406 e. The highest BCUT2D eigenvalue weighted by molar-refractivity contribution is 5.92. The van der Waals surface area contributed by atoms with Crippen molar-refractivity contribution >= 4 is 5.97 Å². The second kappa shape index (κ2) is 5.77. The van der Waals surface area contributed by atoms with Crippen molar-refractivity contribution in [3.05, 3.63) is 28.2 Å². The van der Waals surface area contributed by atoms with Crippen molar-refractivity contribution < 1.29 is 27.4 Å². The van der Waals surface area contributed by atoms with Gasteiger partial charge in [-0.15, -0.1) is 0 Å². The van der Waals surface area contributed by atoms with E-state index in [-0.39, 0.29) is 12.2 Å². The molecular formula is C11H12F3NO4. The van der Waals surface area contributed by atoms with E-state index < -0.39 is 30.0 Å². The Labute approximate surface area is 106 Å². The zero-order valence-electron chi connectivity index (χ0n) is 10.3. The minimum absolute atomic E-state index is 0.0770. The Morgan fingerprint density at radius 1 is 1.42 bits per heavy atom. The Kier molecular flexibility index (Phi) is 4.57. The van der Waals surface area contributed by atoms with E-state index in [4.69, 9.17) is 4.74 Å². The zero-order valence-corrected chi connectivity index (χ0v) is 10.3. The van der Waals surface area contributed by atoms with Gasteiger partial charge in [0.2, 0.25) is 0 Å². The molecule has 0 saturated carbocycles. The van der Waals surface area contributed by atoms with Gasteiger partial charge in [-0.05, 0) is 13.0 Å². The quantitative estimate of drug-likeness (QED) is 0.785. The molecule has 1 aromatic rings. The molecule has 0 spiro atoms. The topological polar surface area (TPSA) is 57.5 Å². The van der Waals surface area contributed by atoms with E-state index in [0.717, 1.165) is 19.4 Å². The Hall–Kier alpha value is -1.99. The van der Waals surface area contributed by atoms with Crippen LogP contribution in [0.5, 0.6) is 5.75 Å². The summed E-state index contributed by atoms with van der Waals surface area (Å²) in [5.41, 5.74) is -1.24. The molecule has 8 heteroatoms. The van der Waals surface area contributed by atoms with Crippen molar-refractivity contribution in [3.8, 4) is 5.75 Å². The molecule has 0 aliphatic carbocycles. The molecule has 19 heavy (non-hydrogen) atoms. The number of carbonyl (C=O) groups is 1. The lowest BCUT2D eigenvalue weighted by Gasteiger charge is -2.12. The highest BCUT2D eigenvalue weighted by atomic mass is 19.4. The maximum absolute atomic E-state index is 12.2. The highest BCUT2D eigenvalue weighted by Gasteiger charge is 2.29. The normalized spacial score (nSPS) is 11.2. The van der Waals surface area contributed by atoms with Crippen LogP contribution < -0.4 is 10.3 Å². The number of rotatable bonds is 4. The molecule has 1 aromatic heterocycles. The molecule has 0 saturated heterocycles. The van der Waals surface area contributed by atoms with E-state index in [2.05, 4.69) is 4.74 Å². The molecule has 106 valence electrons. The van der Waals surface area contributed by atoms with Crippen LogP contribution in [0.25, 0.3) is 0 Å². The molecule has 0 bridgehead atoms. The van der Waals surface area contributed by atoms with Gasteiger partial charge < -0.3 is 14.0 Å². The lowest BCUT2D eigenvalue weighted by atomic mass is 10.2. The fourth-order valence-electron chi connectivity index (χ4n) is 1.44.